The van der Waals surface area contributed by atoms with E-state index >= 15 is 0 Å². The van der Waals surface area contributed by atoms with Gasteiger partial charge in [0.25, 0.3) is 5.91 Å². The maximum absolute atomic E-state index is 12.2. The molecule has 0 aliphatic heterocycles. The highest BCUT2D eigenvalue weighted by Crippen LogP contribution is 2.35. The third-order valence-corrected chi connectivity index (χ3v) is 5.39. The van der Waals surface area contributed by atoms with Gasteiger partial charge in [0.2, 0.25) is 0 Å². The minimum absolute atomic E-state index is 0.114. The van der Waals surface area contributed by atoms with E-state index in [1.54, 1.807) is 6.92 Å². The number of hydrogen-bond acceptors (Lipinski definition) is 4. The molecule has 2 heterocycles. The second kappa shape index (κ2) is 6.38. The highest BCUT2D eigenvalue weighted by Gasteiger charge is 2.22. The summed E-state index contributed by atoms with van der Waals surface area (Å²) in [6, 6.07) is 2.40. The lowest BCUT2D eigenvalue weighted by Gasteiger charge is -2.22. The van der Waals surface area contributed by atoms with Gasteiger partial charge in [-0.15, -0.1) is 11.3 Å². The Morgan fingerprint density at radius 1 is 1.50 bits per heavy atom. The van der Waals surface area contributed by atoms with E-state index in [2.05, 4.69) is 10.00 Å². The summed E-state index contributed by atoms with van der Waals surface area (Å²) in [5, 5.41) is 17.8. The second-order valence-corrected chi connectivity index (χ2v) is 7.24. The first-order chi connectivity index (χ1) is 10.6. The third-order valence-electron chi connectivity index (χ3n) is 4.27. The van der Waals surface area contributed by atoms with Crippen LogP contribution in [0.15, 0.2) is 6.07 Å². The van der Waals surface area contributed by atoms with Gasteiger partial charge in [-0.1, -0.05) is 19.3 Å². The van der Waals surface area contributed by atoms with Crippen LogP contribution >= 0.6 is 11.3 Å². The molecule has 2 N–H and O–H groups in total. The highest BCUT2D eigenvalue weighted by molar-refractivity contribution is 7.20. The van der Waals surface area contributed by atoms with Crippen molar-refractivity contribution in [3.05, 3.63) is 16.6 Å². The van der Waals surface area contributed by atoms with Crippen LogP contribution in [0.4, 0.5) is 0 Å². The molecule has 0 radical (unpaired) electrons. The summed E-state index contributed by atoms with van der Waals surface area (Å²) < 4.78 is 2.14. The number of aryl methyl sites for hydroxylation is 1. The van der Waals surface area contributed by atoms with Crippen molar-refractivity contribution in [3.8, 4) is 0 Å². The van der Waals surface area contributed by atoms with Crippen LogP contribution in [0, 0.1) is 6.92 Å². The van der Waals surface area contributed by atoms with E-state index in [0.717, 1.165) is 15.9 Å². The zero-order chi connectivity index (χ0) is 15.7. The Balaban J connectivity index is 1.87. The number of amides is 1. The first-order valence-electron chi connectivity index (χ1n) is 8.01. The number of hydrogen-bond donors (Lipinski definition) is 2. The predicted octanol–water partition coefficient (Wildman–Crippen LogP) is 3.02. The Morgan fingerprint density at radius 3 is 2.91 bits per heavy atom. The number of rotatable bonds is 4. The first-order valence-corrected chi connectivity index (χ1v) is 8.83. The number of fused-ring (bicyclic) bond motifs is 1. The molecule has 0 saturated heterocycles. The Bertz CT molecular complexity index is 668. The van der Waals surface area contributed by atoms with Crippen LogP contribution in [-0.2, 0) is 0 Å². The van der Waals surface area contributed by atoms with E-state index in [0.29, 0.717) is 10.9 Å². The Hall–Kier alpha value is -1.40. The van der Waals surface area contributed by atoms with Crippen molar-refractivity contribution < 1.29 is 9.90 Å². The van der Waals surface area contributed by atoms with E-state index in [1.165, 1.54) is 43.4 Å². The molecule has 1 atom stereocenters. The fraction of sp³-hybridized carbons (Fsp3) is 0.625. The predicted molar refractivity (Wildman–Crippen MR) is 88.5 cm³/mol. The van der Waals surface area contributed by atoms with Crippen molar-refractivity contribution in [2.24, 2.45) is 0 Å². The smallest absolute Gasteiger partial charge is 0.261 e. The molecule has 1 fully saturated rings. The lowest BCUT2D eigenvalue weighted by Crippen LogP contribution is -2.29. The fourth-order valence-electron chi connectivity index (χ4n) is 3.08. The van der Waals surface area contributed by atoms with Gasteiger partial charge < -0.3 is 10.4 Å². The van der Waals surface area contributed by atoms with Crippen molar-refractivity contribution in [3.63, 3.8) is 0 Å². The molecule has 0 unspecified atom stereocenters. The zero-order valence-corrected chi connectivity index (χ0v) is 13.9. The van der Waals surface area contributed by atoms with Crippen LogP contribution in [0.5, 0.6) is 0 Å². The average Bonchev–Trinajstić information content (AvgIpc) is 3.07. The van der Waals surface area contributed by atoms with E-state index in [1.807, 2.05) is 13.0 Å². The monoisotopic (exact) mass is 321 g/mol. The maximum Gasteiger partial charge on any atom is 0.261 e. The normalized spacial score (nSPS) is 17.8. The summed E-state index contributed by atoms with van der Waals surface area (Å²) in [6.45, 7) is 3.95. The molecule has 1 saturated carbocycles. The first kappa shape index (κ1) is 15.5. The molecule has 6 heteroatoms. The minimum atomic E-state index is -0.530. The molecule has 0 bridgehead atoms. The standard InChI is InChI=1S/C16H23N3O2S/c1-10(20)9-17-15(21)14-8-13-11(2)18-19(16(13)22-14)12-6-4-3-5-7-12/h8,10,12,20H,3-7,9H2,1-2H3,(H,17,21)/t10-/m1/s1. The van der Waals surface area contributed by atoms with E-state index in [-0.39, 0.29) is 12.5 Å². The minimum Gasteiger partial charge on any atom is -0.392 e. The molecule has 5 nitrogen and oxygen atoms in total. The zero-order valence-electron chi connectivity index (χ0n) is 13.1. The van der Waals surface area contributed by atoms with Crippen LogP contribution in [0.1, 0.15) is 60.4 Å². The van der Waals surface area contributed by atoms with Gasteiger partial charge in [0.05, 0.1) is 22.7 Å². The van der Waals surface area contributed by atoms with Crippen molar-refractivity contribution in [1.29, 1.82) is 0 Å². The number of thiophene rings is 1. The SMILES string of the molecule is Cc1nn(C2CCCCC2)c2sc(C(=O)NC[C@@H](C)O)cc12. The Labute approximate surface area is 134 Å². The lowest BCUT2D eigenvalue weighted by molar-refractivity contribution is 0.0928. The second-order valence-electron chi connectivity index (χ2n) is 6.21. The van der Waals surface area contributed by atoms with Gasteiger partial charge in [-0.25, -0.2) is 0 Å². The number of nitrogens with zero attached hydrogens (tertiary/aromatic N) is 2. The van der Waals surface area contributed by atoms with E-state index < -0.39 is 6.10 Å². The molecule has 0 spiro atoms. The number of carbonyl (C=O) groups is 1. The molecule has 3 rings (SSSR count). The van der Waals surface area contributed by atoms with Gasteiger partial charge in [0.1, 0.15) is 4.83 Å². The van der Waals surface area contributed by atoms with Gasteiger partial charge >= 0.3 is 0 Å². The van der Waals surface area contributed by atoms with Crippen molar-refractivity contribution in [2.75, 3.05) is 6.54 Å². The van der Waals surface area contributed by atoms with E-state index in [9.17, 15) is 9.90 Å². The largest absolute Gasteiger partial charge is 0.392 e. The van der Waals surface area contributed by atoms with Crippen LogP contribution in [0.25, 0.3) is 10.2 Å². The van der Waals surface area contributed by atoms with Crippen molar-refractivity contribution >= 4 is 27.5 Å². The summed E-state index contributed by atoms with van der Waals surface area (Å²) in [6.07, 6.45) is 5.67. The highest BCUT2D eigenvalue weighted by atomic mass is 32.1. The quantitative estimate of drug-likeness (QED) is 0.909. The Morgan fingerprint density at radius 2 is 2.23 bits per heavy atom. The fourth-order valence-corrected chi connectivity index (χ4v) is 4.23. The summed E-state index contributed by atoms with van der Waals surface area (Å²) in [4.78, 5) is 14.0. The van der Waals surface area contributed by atoms with Gasteiger partial charge in [-0.2, -0.15) is 5.10 Å². The van der Waals surface area contributed by atoms with Gasteiger partial charge in [0.15, 0.2) is 0 Å². The summed E-state index contributed by atoms with van der Waals surface area (Å²) in [7, 11) is 0. The number of aromatic nitrogens is 2. The molecule has 1 aliphatic carbocycles. The molecular formula is C16H23N3O2S. The molecule has 2 aromatic heterocycles. The molecule has 22 heavy (non-hydrogen) atoms. The molecule has 2 aromatic rings. The molecule has 0 aromatic carbocycles. The van der Waals surface area contributed by atoms with Crippen LogP contribution in [0.3, 0.4) is 0 Å². The topological polar surface area (TPSA) is 67.2 Å². The number of aliphatic hydroxyl groups excluding tert-OH is 1. The molecule has 1 aliphatic rings. The lowest BCUT2D eigenvalue weighted by atomic mass is 9.96. The molecular weight excluding hydrogens is 298 g/mol. The average molecular weight is 321 g/mol. The third kappa shape index (κ3) is 3.03. The molecule has 1 amide bonds. The van der Waals surface area contributed by atoms with Crippen LogP contribution < -0.4 is 5.32 Å². The van der Waals surface area contributed by atoms with Crippen molar-refractivity contribution in [1.82, 2.24) is 15.1 Å². The Kier molecular flexibility index (Phi) is 4.49. The van der Waals surface area contributed by atoms with Crippen molar-refractivity contribution in [2.45, 2.75) is 58.1 Å². The summed E-state index contributed by atoms with van der Waals surface area (Å²) in [5.41, 5.74) is 0.992. The number of carbonyl (C=O) groups excluding carboxylic acids is 1. The van der Waals surface area contributed by atoms with Gasteiger partial charge in [0, 0.05) is 11.9 Å². The van der Waals surface area contributed by atoms with E-state index in [4.69, 9.17) is 5.10 Å². The maximum atomic E-state index is 12.2. The van der Waals surface area contributed by atoms with Gasteiger partial charge in [-0.3, -0.25) is 9.48 Å². The van der Waals surface area contributed by atoms with Gasteiger partial charge in [-0.05, 0) is 32.8 Å². The summed E-state index contributed by atoms with van der Waals surface area (Å²) in [5.74, 6) is -0.114. The summed E-state index contributed by atoms with van der Waals surface area (Å²) >= 11 is 1.50. The molecule has 120 valence electrons. The number of aliphatic hydroxyl groups is 1. The number of nitrogens with one attached hydrogen (secondary N) is 1. The van der Waals surface area contributed by atoms with Crippen LogP contribution in [0.2, 0.25) is 0 Å². The van der Waals surface area contributed by atoms with Crippen LogP contribution in [-0.4, -0.2) is 33.4 Å².